The molecule has 7 heteroatoms. The molecule has 1 aliphatic rings. The minimum atomic E-state index is -0.432. The third kappa shape index (κ3) is 3.47. The largest absolute Gasteiger partial charge is 0.381 e. The fraction of sp³-hybridized carbons (Fsp3) is 0.381. The summed E-state index contributed by atoms with van der Waals surface area (Å²) in [7, 11) is 0. The van der Waals surface area contributed by atoms with Crippen LogP contribution in [0.5, 0.6) is 0 Å². The molecule has 3 aromatic rings. The zero-order valence-electron chi connectivity index (χ0n) is 16.1. The molecule has 4 rings (SSSR count). The summed E-state index contributed by atoms with van der Waals surface area (Å²) in [6.07, 6.45) is 1.49. The van der Waals surface area contributed by atoms with Crippen LogP contribution in [0.1, 0.15) is 45.2 Å². The molecule has 0 saturated carbocycles. The predicted molar refractivity (Wildman–Crippen MR) is 115 cm³/mol. The van der Waals surface area contributed by atoms with E-state index in [2.05, 4.69) is 43.3 Å². The van der Waals surface area contributed by atoms with Crippen LogP contribution in [0.25, 0.3) is 10.2 Å². The lowest BCUT2D eigenvalue weighted by Gasteiger charge is -2.38. The van der Waals surface area contributed by atoms with Crippen LogP contribution in [-0.4, -0.2) is 29.1 Å². The highest BCUT2D eigenvalue weighted by molar-refractivity contribution is 9.10. The third-order valence-corrected chi connectivity index (χ3v) is 7.04. The molecule has 0 unspecified atom stereocenters. The van der Waals surface area contributed by atoms with Gasteiger partial charge in [0.05, 0.1) is 10.4 Å². The van der Waals surface area contributed by atoms with E-state index in [1.807, 2.05) is 32.9 Å². The number of ether oxygens (including phenoxy) is 1. The molecular formula is C21H22BrN3O2S. The second-order valence-corrected chi connectivity index (χ2v) is 9.17. The van der Waals surface area contributed by atoms with Crippen molar-refractivity contribution in [2.24, 2.45) is 0 Å². The number of halogens is 1. The van der Waals surface area contributed by atoms with Crippen LogP contribution in [0.15, 0.2) is 28.7 Å². The van der Waals surface area contributed by atoms with Gasteiger partial charge in [0.25, 0.3) is 5.91 Å². The molecule has 0 atom stereocenters. The monoisotopic (exact) mass is 459 g/mol. The topological polar surface area (TPSA) is 64.1 Å². The number of rotatable bonds is 3. The molecule has 1 saturated heterocycles. The molecule has 2 aromatic heterocycles. The lowest BCUT2D eigenvalue weighted by molar-refractivity contribution is 0.0346. The maximum absolute atomic E-state index is 13.4. The Hall–Kier alpha value is -1.83. The number of nitrogens with zero attached hydrogens (tertiary/aromatic N) is 2. The molecule has 0 radical (unpaired) electrons. The van der Waals surface area contributed by atoms with Crippen molar-refractivity contribution in [1.29, 1.82) is 0 Å². The SMILES string of the molecule is Cc1nc(C)c2c(C)c(C(=O)NC3(c4cccc(Br)c4)CCOCC3)sc2n1. The molecule has 1 N–H and O–H groups in total. The smallest absolute Gasteiger partial charge is 0.262 e. The standard InChI is InChI=1S/C21H22BrN3O2S/c1-12-17-13(2)23-14(3)24-20(17)28-18(12)19(26)25-21(7-9-27-10-8-21)15-5-4-6-16(22)11-15/h4-6,11H,7-10H2,1-3H3,(H,25,26). The number of nitrogens with one attached hydrogen (secondary N) is 1. The van der Waals surface area contributed by atoms with Gasteiger partial charge in [-0.2, -0.15) is 0 Å². The van der Waals surface area contributed by atoms with Crippen molar-refractivity contribution >= 4 is 43.4 Å². The number of amides is 1. The molecule has 146 valence electrons. The molecule has 1 amide bonds. The number of aromatic nitrogens is 2. The summed E-state index contributed by atoms with van der Waals surface area (Å²) < 4.78 is 6.59. The van der Waals surface area contributed by atoms with E-state index in [1.54, 1.807) is 0 Å². The predicted octanol–water partition coefficient (Wildman–Crippen LogP) is 4.81. The summed E-state index contributed by atoms with van der Waals surface area (Å²) in [5.41, 5.74) is 2.54. The second-order valence-electron chi connectivity index (χ2n) is 7.25. The first-order valence-electron chi connectivity index (χ1n) is 9.30. The van der Waals surface area contributed by atoms with Crippen molar-refractivity contribution < 1.29 is 9.53 Å². The van der Waals surface area contributed by atoms with E-state index in [0.717, 1.165) is 50.2 Å². The fourth-order valence-corrected chi connectivity index (χ4v) is 5.53. The van der Waals surface area contributed by atoms with Crippen LogP contribution >= 0.6 is 27.3 Å². The van der Waals surface area contributed by atoms with Gasteiger partial charge in [0.1, 0.15) is 10.7 Å². The van der Waals surface area contributed by atoms with Gasteiger partial charge >= 0.3 is 0 Å². The number of carbonyl (C=O) groups is 1. The molecular weight excluding hydrogens is 438 g/mol. The van der Waals surface area contributed by atoms with Gasteiger partial charge < -0.3 is 10.1 Å². The molecule has 5 nitrogen and oxygen atoms in total. The zero-order chi connectivity index (χ0) is 19.9. The van der Waals surface area contributed by atoms with Crippen LogP contribution in [0, 0.1) is 20.8 Å². The Morgan fingerprint density at radius 2 is 1.96 bits per heavy atom. The van der Waals surface area contributed by atoms with Gasteiger partial charge in [-0.3, -0.25) is 4.79 Å². The van der Waals surface area contributed by atoms with Crippen LogP contribution < -0.4 is 5.32 Å². The van der Waals surface area contributed by atoms with Crippen molar-refractivity contribution in [3.63, 3.8) is 0 Å². The van der Waals surface area contributed by atoms with Crippen LogP contribution in [0.3, 0.4) is 0 Å². The summed E-state index contributed by atoms with van der Waals surface area (Å²) in [5, 5.41) is 4.34. The quantitative estimate of drug-likeness (QED) is 0.609. The average molecular weight is 460 g/mol. The maximum atomic E-state index is 13.4. The second kappa shape index (κ2) is 7.54. The zero-order valence-corrected chi connectivity index (χ0v) is 18.5. The molecule has 0 bridgehead atoms. The Morgan fingerprint density at radius 3 is 2.68 bits per heavy atom. The van der Waals surface area contributed by atoms with E-state index in [0.29, 0.717) is 18.1 Å². The van der Waals surface area contributed by atoms with Crippen LogP contribution in [0.4, 0.5) is 0 Å². The van der Waals surface area contributed by atoms with Crippen LogP contribution in [-0.2, 0) is 10.3 Å². The highest BCUT2D eigenvalue weighted by Crippen LogP contribution is 2.36. The van der Waals surface area contributed by atoms with E-state index in [1.165, 1.54) is 11.3 Å². The lowest BCUT2D eigenvalue weighted by atomic mass is 9.82. The summed E-state index contributed by atoms with van der Waals surface area (Å²) in [4.78, 5) is 23.9. The van der Waals surface area contributed by atoms with E-state index in [4.69, 9.17) is 4.74 Å². The van der Waals surface area contributed by atoms with Gasteiger partial charge in [0.2, 0.25) is 0 Å². The number of aryl methyl sites for hydroxylation is 3. The summed E-state index contributed by atoms with van der Waals surface area (Å²) in [5.74, 6) is 0.674. The summed E-state index contributed by atoms with van der Waals surface area (Å²) in [6.45, 7) is 7.09. The molecule has 28 heavy (non-hydrogen) atoms. The van der Waals surface area contributed by atoms with E-state index in [-0.39, 0.29) is 5.91 Å². The Kier molecular flexibility index (Phi) is 5.24. The number of thiophene rings is 1. The summed E-state index contributed by atoms with van der Waals surface area (Å²) >= 11 is 5.00. The van der Waals surface area contributed by atoms with Crippen LogP contribution in [0.2, 0.25) is 0 Å². The van der Waals surface area contributed by atoms with Crippen molar-refractivity contribution in [3.05, 3.63) is 56.3 Å². The Morgan fingerprint density at radius 1 is 1.21 bits per heavy atom. The highest BCUT2D eigenvalue weighted by atomic mass is 79.9. The number of benzene rings is 1. The molecule has 1 aromatic carbocycles. The Labute approximate surface area is 176 Å². The average Bonchev–Trinajstić information content (AvgIpc) is 2.99. The molecule has 3 heterocycles. The van der Waals surface area contributed by atoms with E-state index in [9.17, 15) is 4.79 Å². The van der Waals surface area contributed by atoms with Crippen molar-refractivity contribution in [2.45, 2.75) is 39.2 Å². The molecule has 0 spiro atoms. The minimum absolute atomic E-state index is 0.0561. The van der Waals surface area contributed by atoms with Gasteiger partial charge in [-0.05, 0) is 56.9 Å². The van der Waals surface area contributed by atoms with Gasteiger partial charge in [-0.1, -0.05) is 28.1 Å². The van der Waals surface area contributed by atoms with E-state index >= 15 is 0 Å². The fourth-order valence-electron chi connectivity index (χ4n) is 3.96. The first kappa shape index (κ1) is 19.5. The van der Waals surface area contributed by atoms with Gasteiger partial charge in [-0.15, -0.1) is 11.3 Å². The first-order chi connectivity index (χ1) is 13.4. The number of fused-ring (bicyclic) bond motifs is 1. The highest BCUT2D eigenvalue weighted by Gasteiger charge is 2.37. The van der Waals surface area contributed by atoms with Crippen molar-refractivity contribution in [1.82, 2.24) is 15.3 Å². The maximum Gasteiger partial charge on any atom is 0.262 e. The number of hydrogen-bond donors (Lipinski definition) is 1. The summed E-state index contributed by atoms with van der Waals surface area (Å²) in [6, 6.07) is 8.17. The Bertz CT molecular complexity index is 1060. The third-order valence-electron chi connectivity index (χ3n) is 5.37. The van der Waals surface area contributed by atoms with Crippen molar-refractivity contribution in [3.8, 4) is 0 Å². The molecule has 0 aliphatic carbocycles. The van der Waals surface area contributed by atoms with Gasteiger partial charge in [0.15, 0.2) is 0 Å². The van der Waals surface area contributed by atoms with E-state index < -0.39 is 5.54 Å². The number of hydrogen-bond acceptors (Lipinski definition) is 5. The number of carbonyl (C=O) groups excluding carboxylic acids is 1. The first-order valence-corrected chi connectivity index (χ1v) is 10.9. The van der Waals surface area contributed by atoms with Gasteiger partial charge in [0, 0.05) is 28.8 Å². The van der Waals surface area contributed by atoms with Gasteiger partial charge in [-0.25, -0.2) is 9.97 Å². The Balaban J connectivity index is 1.74. The van der Waals surface area contributed by atoms with Crippen molar-refractivity contribution in [2.75, 3.05) is 13.2 Å². The minimum Gasteiger partial charge on any atom is -0.381 e. The molecule has 1 aliphatic heterocycles. The lowest BCUT2D eigenvalue weighted by Crippen LogP contribution is -2.49. The molecule has 1 fully saturated rings. The normalized spacial score (nSPS) is 16.3.